The van der Waals surface area contributed by atoms with Crippen LogP contribution in [-0.2, 0) is 0 Å². The molecule has 1 rings (SSSR count). The zero-order valence-corrected chi connectivity index (χ0v) is 20.0. The van der Waals surface area contributed by atoms with Crippen LogP contribution < -0.4 is 0 Å². The van der Waals surface area contributed by atoms with E-state index in [0.717, 1.165) is 24.0 Å². The molecule has 0 saturated heterocycles. The molecule has 0 aromatic heterocycles. The fourth-order valence-electron chi connectivity index (χ4n) is 4.67. The summed E-state index contributed by atoms with van der Waals surface area (Å²) in [5, 5.41) is 10.2. The minimum atomic E-state index is -0.310. The molecule has 170 valence electrons. The van der Waals surface area contributed by atoms with E-state index >= 15 is 0 Å². The Hall–Kier alpha value is -0.670. The van der Waals surface area contributed by atoms with Gasteiger partial charge in [-0.1, -0.05) is 89.7 Å². The Balaban J connectivity index is 1.86. The fourth-order valence-corrected chi connectivity index (χ4v) is 4.67. The van der Waals surface area contributed by atoms with Gasteiger partial charge in [0.1, 0.15) is 6.54 Å². The van der Waals surface area contributed by atoms with Gasteiger partial charge in [-0.05, 0) is 32.6 Å². The number of unbranched alkanes of at least 4 members (excludes halogenated alkanes) is 13. The predicted octanol–water partition coefficient (Wildman–Crippen LogP) is 7.39. The molecule has 29 heavy (non-hydrogen) atoms. The quantitative estimate of drug-likeness (QED) is 0.135. The zero-order chi connectivity index (χ0) is 21.2. The lowest BCUT2D eigenvalue weighted by Gasteiger charge is -2.40. The number of hydrogen-bond acceptors (Lipinski definition) is 2. The molecule has 0 aromatic rings. The normalized spacial score (nSPS) is 22.7. The first-order valence-corrected chi connectivity index (χ1v) is 12.9. The molecule has 0 aliphatic carbocycles. The van der Waals surface area contributed by atoms with Crippen molar-refractivity contribution in [2.45, 2.75) is 136 Å². The van der Waals surface area contributed by atoms with E-state index < -0.39 is 0 Å². The summed E-state index contributed by atoms with van der Waals surface area (Å²) in [6.07, 6.45) is 28.3. The van der Waals surface area contributed by atoms with Gasteiger partial charge in [0, 0.05) is 13.3 Å². The van der Waals surface area contributed by atoms with Crippen molar-refractivity contribution in [3.63, 3.8) is 0 Å². The summed E-state index contributed by atoms with van der Waals surface area (Å²) in [4.78, 5) is 4.68. The number of hydrogen-bond donors (Lipinski definition) is 1. The van der Waals surface area contributed by atoms with Gasteiger partial charge in [0.15, 0.2) is 12.4 Å². The lowest BCUT2D eigenvalue weighted by Crippen LogP contribution is -2.57. The third kappa shape index (κ3) is 10.8. The van der Waals surface area contributed by atoms with Crippen molar-refractivity contribution in [1.82, 2.24) is 0 Å². The Bertz CT molecular complexity index is 432. The molecule has 0 amide bonds. The van der Waals surface area contributed by atoms with E-state index in [1.165, 1.54) is 96.3 Å². The Labute approximate surface area is 182 Å². The average Bonchev–Trinajstić information content (AvgIpc) is 3.14. The van der Waals surface area contributed by atoms with Gasteiger partial charge in [-0.15, -0.1) is 0 Å². The van der Waals surface area contributed by atoms with Crippen LogP contribution >= 0.6 is 0 Å². The summed E-state index contributed by atoms with van der Waals surface area (Å²) < 4.78 is 0.746. The highest BCUT2D eigenvalue weighted by Crippen LogP contribution is 2.26. The Morgan fingerprint density at radius 1 is 0.862 bits per heavy atom. The number of quaternary nitrogens is 1. The molecule has 0 bridgehead atoms. The fraction of sp³-hybridized carbons (Fsp3) is 0.885. The van der Waals surface area contributed by atoms with Crippen molar-refractivity contribution in [1.29, 1.82) is 0 Å². The van der Waals surface area contributed by atoms with Crippen molar-refractivity contribution in [3.05, 3.63) is 12.2 Å². The number of aliphatic hydroxyl groups excluding tert-OH is 1. The van der Waals surface area contributed by atoms with E-state index in [1.54, 1.807) is 0 Å². The first kappa shape index (κ1) is 26.4. The van der Waals surface area contributed by atoms with Crippen LogP contribution in [0.3, 0.4) is 0 Å². The van der Waals surface area contributed by atoms with Crippen LogP contribution in [0.1, 0.15) is 124 Å². The van der Waals surface area contributed by atoms with Crippen LogP contribution in [0.15, 0.2) is 17.1 Å². The van der Waals surface area contributed by atoms with E-state index in [4.69, 9.17) is 0 Å². The van der Waals surface area contributed by atoms with Crippen LogP contribution in [-0.4, -0.2) is 41.3 Å². The molecule has 0 spiro atoms. The van der Waals surface area contributed by atoms with Crippen molar-refractivity contribution in [2.75, 3.05) is 13.1 Å². The van der Waals surface area contributed by atoms with E-state index in [-0.39, 0.29) is 12.4 Å². The Morgan fingerprint density at radius 3 is 1.90 bits per heavy atom. The smallest absolute Gasteiger partial charge is 0.189 e. The van der Waals surface area contributed by atoms with Gasteiger partial charge in [0.2, 0.25) is 0 Å². The standard InChI is InChI=1S/C26H51N2O/c1-4-6-7-8-9-10-11-12-13-14-15-16-17-18-19-20-21-22-26-27-23-24-28(26,5-2)25(3)29/h7-8,23,25-26,29H,4-6,9-22,24H2,1-3H3/q+1/b8-7+. The molecule has 3 atom stereocenters. The van der Waals surface area contributed by atoms with Crippen LogP contribution in [0.5, 0.6) is 0 Å². The first-order valence-electron chi connectivity index (χ1n) is 12.9. The van der Waals surface area contributed by atoms with E-state index in [0.29, 0.717) is 0 Å². The van der Waals surface area contributed by atoms with Gasteiger partial charge < -0.3 is 5.11 Å². The zero-order valence-electron chi connectivity index (χ0n) is 20.0. The number of nitrogens with zero attached hydrogens (tertiary/aromatic N) is 2. The molecular weight excluding hydrogens is 356 g/mol. The molecule has 0 radical (unpaired) electrons. The number of aliphatic imine (C=N–C) groups is 1. The maximum atomic E-state index is 10.2. The largest absolute Gasteiger partial charge is 0.345 e. The van der Waals surface area contributed by atoms with Crippen molar-refractivity contribution in [2.24, 2.45) is 4.99 Å². The first-order chi connectivity index (χ1) is 14.2. The maximum Gasteiger partial charge on any atom is 0.189 e. The second-order valence-corrected chi connectivity index (χ2v) is 9.13. The maximum absolute atomic E-state index is 10.2. The van der Waals surface area contributed by atoms with Gasteiger partial charge in [-0.2, -0.15) is 0 Å². The lowest BCUT2D eigenvalue weighted by molar-refractivity contribution is -0.976. The number of rotatable bonds is 19. The van der Waals surface area contributed by atoms with Crippen molar-refractivity contribution in [3.8, 4) is 0 Å². The minimum Gasteiger partial charge on any atom is -0.345 e. The molecular formula is C26H51N2O+. The van der Waals surface area contributed by atoms with Crippen LogP contribution in [0.2, 0.25) is 0 Å². The summed E-state index contributed by atoms with van der Waals surface area (Å²) in [6, 6.07) is 0. The summed E-state index contributed by atoms with van der Waals surface area (Å²) in [7, 11) is 0. The topological polar surface area (TPSA) is 32.6 Å². The van der Waals surface area contributed by atoms with Gasteiger partial charge in [0.25, 0.3) is 0 Å². The molecule has 0 fully saturated rings. The van der Waals surface area contributed by atoms with Crippen LogP contribution in [0.4, 0.5) is 0 Å². The number of allylic oxidation sites excluding steroid dienone is 2. The molecule has 3 unspecified atom stereocenters. The average molecular weight is 408 g/mol. The van der Waals surface area contributed by atoms with Gasteiger partial charge in [0.05, 0.1) is 12.8 Å². The monoisotopic (exact) mass is 407 g/mol. The predicted molar refractivity (Wildman–Crippen MR) is 128 cm³/mol. The summed E-state index contributed by atoms with van der Waals surface area (Å²) in [5.74, 6) is 0. The molecule has 1 heterocycles. The SMILES string of the molecule is CCC/C=C/CCCCCCCCCCCCCCC1N=CC[N+]1(CC)C(C)O. The minimum absolute atomic E-state index is 0.285. The van der Waals surface area contributed by atoms with Crippen molar-refractivity contribution >= 4 is 6.21 Å². The molecule has 0 saturated carbocycles. The molecule has 1 aliphatic rings. The summed E-state index contributed by atoms with van der Waals surface area (Å²) in [6.45, 7) is 8.22. The van der Waals surface area contributed by atoms with Gasteiger partial charge >= 0.3 is 0 Å². The highest BCUT2D eigenvalue weighted by atomic mass is 16.3. The summed E-state index contributed by atoms with van der Waals surface area (Å²) >= 11 is 0. The van der Waals surface area contributed by atoms with Crippen LogP contribution in [0.25, 0.3) is 0 Å². The summed E-state index contributed by atoms with van der Waals surface area (Å²) in [5.41, 5.74) is 0. The van der Waals surface area contributed by atoms with Crippen molar-refractivity contribution < 1.29 is 9.59 Å². The molecule has 1 N–H and O–H groups in total. The molecule has 0 aromatic carbocycles. The second-order valence-electron chi connectivity index (χ2n) is 9.13. The van der Waals surface area contributed by atoms with E-state index in [1.807, 2.05) is 13.1 Å². The Morgan fingerprint density at radius 2 is 1.38 bits per heavy atom. The van der Waals surface area contributed by atoms with Gasteiger partial charge in [-0.3, -0.25) is 4.48 Å². The third-order valence-electron chi connectivity index (χ3n) is 6.83. The van der Waals surface area contributed by atoms with Crippen LogP contribution in [0, 0.1) is 0 Å². The molecule has 1 aliphatic heterocycles. The third-order valence-corrected chi connectivity index (χ3v) is 6.83. The van der Waals surface area contributed by atoms with E-state index in [2.05, 4.69) is 31.0 Å². The highest BCUT2D eigenvalue weighted by Gasteiger charge is 2.41. The van der Waals surface area contributed by atoms with E-state index in [9.17, 15) is 5.11 Å². The Kier molecular flexibility index (Phi) is 15.5. The highest BCUT2D eigenvalue weighted by molar-refractivity contribution is 5.60. The lowest BCUT2D eigenvalue weighted by atomic mass is 10.0. The molecule has 3 heteroatoms. The molecule has 3 nitrogen and oxygen atoms in total. The number of aliphatic hydroxyl groups is 1. The second kappa shape index (κ2) is 17.1. The van der Waals surface area contributed by atoms with Gasteiger partial charge in [-0.25, -0.2) is 4.99 Å².